The van der Waals surface area contributed by atoms with Crippen LogP contribution >= 0.6 is 23.5 Å². The Morgan fingerprint density at radius 3 is 2.79 bits per heavy atom. The quantitative estimate of drug-likeness (QED) is 0.859. The maximum absolute atomic E-state index is 12.1. The fourth-order valence-electron chi connectivity index (χ4n) is 1.85. The standard InChI is InChI=1S/C13H15NO3S2/c15-12(9-19-10-4-2-1-3-5-10)14-6-7-18-8-11(14)13(16)17/h1-5,11H,6-9H2,(H,16,17). The van der Waals surface area contributed by atoms with Crippen LogP contribution < -0.4 is 0 Å². The van der Waals surface area contributed by atoms with Gasteiger partial charge in [-0.1, -0.05) is 18.2 Å². The first-order valence-electron chi connectivity index (χ1n) is 5.96. The zero-order valence-corrected chi connectivity index (χ0v) is 12.0. The molecule has 0 aromatic heterocycles. The number of carboxylic acid groups (broad SMARTS) is 1. The molecule has 1 aliphatic heterocycles. The summed E-state index contributed by atoms with van der Waals surface area (Å²) in [5.74, 6) is 0.577. The highest BCUT2D eigenvalue weighted by atomic mass is 32.2. The van der Waals surface area contributed by atoms with Gasteiger partial charge in [-0.05, 0) is 12.1 Å². The molecule has 102 valence electrons. The molecule has 6 heteroatoms. The van der Waals surface area contributed by atoms with Gasteiger partial charge in [-0.15, -0.1) is 11.8 Å². The van der Waals surface area contributed by atoms with Crippen molar-refractivity contribution in [2.24, 2.45) is 0 Å². The minimum atomic E-state index is -0.912. The van der Waals surface area contributed by atoms with Crippen molar-refractivity contribution in [1.29, 1.82) is 0 Å². The number of amides is 1. The second kappa shape index (κ2) is 6.86. The van der Waals surface area contributed by atoms with Gasteiger partial charge in [-0.25, -0.2) is 4.79 Å². The summed E-state index contributed by atoms with van der Waals surface area (Å²) in [4.78, 5) is 25.8. The second-order valence-electron chi connectivity index (χ2n) is 4.12. The number of nitrogens with zero attached hydrogens (tertiary/aromatic N) is 1. The monoisotopic (exact) mass is 297 g/mol. The van der Waals surface area contributed by atoms with E-state index in [2.05, 4.69) is 0 Å². The Labute approximate surface area is 120 Å². The Morgan fingerprint density at radius 2 is 2.11 bits per heavy atom. The van der Waals surface area contributed by atoms with Crippen LogP contribution in [0.4, 0.5) is 0 Å². The van der Waals surface area contributed by atoms with E-state index in [0.29, 0.717) is 18.1 Å². The molecule has 0 radical (unpaired) electrons. The number of hydrogen-bond donors (Lipinski definition) is 1. The van der Waals surface area contributed by atoms with Crippen molar-refractivity contribution >= 4 is 35.4 Å². The molecule has 0 spiro atoms. The van der Waals surface area contributed by atoms with E-state index in [4.69, 9.17) is 5.11 Å². The van der Waals surface area contributed by atoms with Gasteiger partial charge in [0.25, 0.3) is 0 Å². The smallest absolute Gasteiger partial charge is 0.327 e. The van der Waals surface area contributed by atoms with Crippen molar-refractivity contribution in [3.63, 3.8) is 0 Å². The lowest BCUT2D eigenvalue weighted by Gasteiger charge is -2.32. The third-order valence-electron chi connectivity index (χ3n) is 2.84. The van der Waals surface area contributed by atoms with Crippen LogP contribution in [0.2, 0.25) is 0 Å². The van der Waals surface area contributed by atoms with E-state index < -0.39 is 12.0 Å². The number of carbonyl (C=O) groups excluding carboxylic acids is 1. The van der Waals surface area contributed by atoms with Crippen LogP contribution in [0.25, 0.3) is 0 Å². The van der Waals surface area contributed by atoms with Crippen LogP contribution in [0.3, 0.4) is 0 Å². The molecule has 1 fully saturated rings. The number of hydrogen-bond acceptors (Lipinski definition) is 4. The van der Waals surface area contributed by atoms with E-state index in [1.54, 1.807) is 11.8 Å². The summed E-state index contributed by atoms with van der Waals surface area (Å²) in [5, 5.41) is 9.13. The Bertz CT molecular complexity index is 452. The first-order chi connectivity index (χ1) is 9.18. The van der Waals surface area contributed by atoms with Crippen LogP contribution in [0, 0.1) is 0 Å². The predicted molar refractivity (Wildman–Crippen MR) is 77.6 cm³/mol. The topological polar surface area (TPSA) is 57.6 Å². The summed E-state index contributed by atoms with van der Waals surface area (Å²) in [6.45, 7) is 0.524. The average molecular weight is 297 g/mol. The summed E-state index contributed by atoms with van der Waals surface area (Å²) >= 11 is 3.03. The van der Waals surface area contributed by atoms with Crippen LogP contribution in [-0.4, -0.2) is 51.7 Å². The first-order valence-corrected chi connectivity index (χ1v) is 8.10. The number of benzene rings is 1. The maximum atomic E-state index is 12.1. The maximum Gasteiger partial charge on any atom is 0.327 e. The van der Waals surface area contributed by atoms with Crippen LogP contribution in [0.1, 0.15) is 0 Å². The molecule has 1 unspecified atom stereocenters. The fourth-order valence-corrected chi connectivity index (χ4v) is 3.70. The highest BCUT2D eigenvalue weighted by Gasteiger charge is 2.31. The fraction of sp³-hybridized carbons (Fsp3) is 0.385. The predicted octanol–water partition coefficient (Wildman–Crippen LogP) is 1.81. The van der Waals surface area contributed by atoms with Gasteiger partial charge in [0.15, 0.2) is 0 Å². The molecule has 0 saturated carbocycles. The van der Waals surface area contributed by atoms with Gasteiger partial charge in [-0.2, -0.15) is 11.8 Å². The minimum absolute atomic E-state index is 0.0958. The van der Waals surface area contributed by atoms with E-state index in [-0.39, 0.29) is 5.91 Å². The summed E-state index contributed by atoms with van der Waals surface area (Å²) in [5.41, 5.74) is 0. The SMILES string of the molecule is O=C(O)C1CSCCN1C(=O)CSc1ccccc1. The number of aliphatic carboxylic acids is 1. The molecule has 1 saturated heterocycles. The van der Waals surface area contributed by atoms with Crippen molar-refractivity contribution in [3.05, 3.63) is 30.3 Å². The molecule has 0 aliphatic carbocycles. The molecule has 1 heterocycles. The molecule has 1 atom stereocenters. The molecule has 4 nitrogen and oxygen atoms in total. The lowest BCUT2D eigenvalue weighted by Crippen LogP contribution is -2.50. The second-order valence-corrected chi connectivity index (χ2v) is 6.32. The van der Waals surface area contributed by atoms with Gasteiger partial charge in [0, 0.05) is 22.9 Å². The minimum Gasteiger partial charge on any atom is -0.480 e. The van der Waals surface area contributed by atoms with Gasteiger partial charge < -0.3 is 10.0 Å². The van der Waals surface area contributed by atoms with E-state index in [1.165, 1.54) is 16.7 Å². The van der Waals surface area contributed by atoms with E-state index in [0.717, 1.165) is 10.6 Å². The summed E-state index contributed by atoms with van der Waals surface area (Å²) in [7, 11) is 0. The molecular formula is C13H15NO3S2. The largest absolute Gasteiger partial charge is 0.480 e. The Balaban J connectivity index is 1.93. The van der Waals surface area contributed by atoms with Crippen LogP contribution in [-0.2, 0) is 9.59 Å². The zero-order valence-electron chi connectivity index (χ0n) is 10.3. The van der Waals surface area contributed by atoms with Gasteiger partial charge in [0.2, 0.25) is 5.91 Å². The lowest BCUT2D eigenvalue weighted by atomic mass is 10.2. The van der Waals surface area contributed by atoms with Gasteiger partial charge in [0.1, 0.15) is 6.04 Å². The number of carboxylic acids is 1. The molecular weight excluding hydrogens is 282 g/mol. The van der Waals surface area contributed by atoms with Gasteiger partial charge in [-0.3, -0.25) is 4.79 Å². The molecule has 1 aliphatic rings. The van der Waals surface area contributed by atoms with E-state index in [1.807, 2.05) is 30.3 Å². The molecule has 1 N–H and O–H groups in total. The third kappa shape index (κ3) is 3.91. The third-order valence-corrected chi connectivity index (χ3v) is 4.86. The highest BCUT2D eigenvalue weighted by Crippen LogP contribution is 2.21. The summed E-state index contributed by atoms with van der Waals surface area (Å²) < 4.78 is 0. The van der Waals surface area contributed by atoms with Crippen molar-refractivity contribution < 1.29 is 14.7 Å². The molecule has 1 amide bonds. The van der Waals surface area contributed by atoms with Crippen molar-refractivity contribution in [2.75, 3.05) is 23.8 Å². The lowest BCUT2D eigenvalue weighted by molar-refractivity contribution is -0.148. The Kier molecular flexibility index (Phi) is 5.15. The van der Waals surface area contributed by atoms with E-state index >= 15 is 0 Å². The average Bonchev–Trinajstić information content (AvgIpc) is 2.46. The van der Waals surface area contributed by atoms with Gasteiger partial charge >= 0.3 is 5.97 Å². The van der Waals surface area contributed by atoms with Crippen molar-refractivity contribution in [3.8, 4) is 0 Å². The van der Waals surface area contributed by atoms with E-state index in [9.17, 15) is 9.59 Å². The number of rotatable bonds is 4. The normalized spacial score (nSPS) is 19.2. The zero-order chi connectivity index (χ0) is 13.7. The van der Waals surface area contributed by atoms with Crippen molar-refractivity contribution in [1.82, 2.24) is 4.90 Å². The number of carbonyl (C=O) groups is 2. The molecule has 2 rings (SSSR count). The Hall–Kier alpha value is -1.14. The molecule has 1 aromatic rings. The summed E-state index contributed by atoms with van der Waals surface area (Å²) in [6, 6.07) is 8.98. The number of thioether (sulfide) groups is 2. The molecule has 19 heavy (non-hydrogen) atoms. The first kappa shape index (κ1) is 14.3. The Morgan fingerprint density at radius 1 is 1.37 bits per heavy atom. The molecule has 1 aromatic carbocycles. The van der Waals surface area contributed by atoms with Crippen LogP contribution in [0.15, 0.2) is 35.2 Å². The van der Waals surface area contributed by atoms with Crippen LogP contribution in [0.5, 0.6) is 0 Å². The molecule has 0 bridgehead atoms. The highest BCUT2D eigenvalue weighted by molar-refractivity contribution is 8.00. The summed E-state index contributed by atoms with van der Waals surface area (Å²) in [6.07, 6.45) is 0. The van der Waals surface area contributed by atoms with Gasteiger partial charge in [0.05, 0.1) is 5.75 Å². The van der Waals surface area contributed by atoms with Crippen molar-refractivity contribution in [2.45, 2.75) is 10.9 Å².